The Morgan fingerprint density at radius 3 is 2.42 bits per heavy atom. The van der Waals surface area contributed by atoms with Crippen LogP contribution in [0, 0.1) is 25.5 Å². The monoisotopic (exact) mass is 268 g/mol. The molecule has 2 aromatic rings. The number of aryl methyl sites for hydroxylation is 2. The van der Waals surface area contributed by atoms with Crippen molar-refractivity contribution in [3.8, 4) is 5.69 Å². The van der Waals surface area contributed by atoms with Gasteiger partial charge in [0.05, 0.1) is 0 Å². The van der Waals surface area contributed by atoms with Gasteiger partial charge in [-0.05, 0) is 25.5 Å². The van der Waals surface area contributed by atoms with Crippen LogP contribution in [0.1, 0.15) is 11.3 Å². The number of rotatable bonds is 1. The van der Waals surface area contributed by atoms with Crippen molar-refractivity contribution in [1.29, 1.82) is 0 Å². The Morgan fingerprint density at radius 2 is 1.79 bits per heavy atom. The molecular formula is C11H10F2N4O2. The minimum atomic E-state index is -1.06. The Morgan fingerprint density at radius 1 is 1.16 bits per heavy atom. The third-order valence-corrected chi connectivity index (χ3v) is 2.62. The summed E-state index contributed by atoms with van der Waals surface area (Å²) in [5, 5.41) is 3.62. The van der Waals surface area contributed by atoms with E-state index in [4.69, 9.17) is 5.84 Å². The molecule has 0 aliphatic rings. The van der Waals surface area contributed by atoms with Gasteiger partial charge in [0, 0.05) is 6.07 Å². The molecule has 0 aliphatic heterocycles. The summed E-state index contributed by atoms with van der Waals surface area (Å²) in [6, 6.07) is 1.75. The van der Waals surface area contributed by atoms with E-state index < -0.39 is 28.6 Å². The van der Waals surface area contributed by atoms with E-state index in [1.807, 2.05) is 0 Å². The fourth-order valence-corrected chi connectivity index (χ4v) is 1.55. The summed E-state index contributed by atoms with van der Waals surface area (Å²) in [5.41, 5.74) is -2.28. The van der Waals surface area contributed by atoms with Crippen molar-refractivity contribution in [3.63, 3.8) is 0 Å². The molecule has 6 nitrogen and oxygen atoms in total. The van der Waals surface area contributed by atoms with Gasteiger partial charge in [-0.1, -0.05) is 0 Å². The lowest BCUT2D eigenvalue weighted by molar-refractivity contribution is 0.564. The van der Waals surface area contributed by atoms with Crippen molar-refractivity contribution in [1.82, 2.24) is 14.5 Å². The summed E-state index contributed by atoms with van der Waals surface area (Å²) in [6.07, 6.45) is 0. The van der Waals surface area contributed by atoms with Gasteiger partial charge in [0.15, 0.2) is 0 Å². The van der Waals surface area contributed by atoms with Gasteiger partial charge >= 0.3 is 5.69 Å². The van der Waals surface area contributed by atoms with E-state index in [1.54, 1.807) is 0 Å². The van der Waals surface area contributed by atoms with E-state index in [-0.39, 0.29) is 11.3 Å². The molecule has 2 N–H and O–H groups in total. The zero-order valence-corrected chi connectivity index (χ0v) is 10.1. The van der Waals surface area contributed by atoms with Crippen molar-refractivity contribution < 1.29 is 8.78 Å². The second-order valence-corrected chi connectivity index (χ2v) is 4.01. The first-order valence-corrected chi connectivity index (χ1v) is 5.27. The molecule has 19 heavy (non-hydrogen) atoms. The number of benzene rings is 1. The van der Waals surface area contributed by atoms with E-state index in [9.17, 15) is 18.4 Å². The number of nitrogens with two attached hydrogens (primary N) is 1. The molecule has 0 unspecified atom stereocenters. The third kappa shape index (κ3) is 2.01. The molecule has 0 saturated heterocycles. The van der Waals surface area contributed by atoms with E-state index in [2.05, 4.69) is 5.10 Å². The highest BCUT2D eigenvalue weighted by Crippen LogP contribution is 2.15. The van der Waals surface area contributed by atoms with Crippen LogP contribution in [0.2, 0.25) is 0 Å². The van der Waals surface area contributed by atoms with E-state index in [0.29, 0.717) is 9.36 Å². The average molecular weight is 268 g/mol. The molecule has 1 aromatic heterocycles. The maximum absolute atomic E-state index is 13.8. The summed E-state index contributed by atoms with van der Waals surface area (Å²) in [4.78, 5) is 23.1. The van der Waals surface area contributed by atoms with Gasteiger partial charge in [-0.25, -0.2) is 13.6 Å². The molecule has 0 aliphatic carbocycles. The fourth-order valence-electron chi connectivity index (χ4n) is 1.55. The highest BCUT2D eigenvalue weighted by atomic mass is 19.1. The molecule has 1 aromatic carbocycles. The average Bonchev–Trinajstić information content (AvgIpc) is 2.36. The molecule has 0 radical (unpaired) electrons. The zero-order valence-electron chi connectivity index (χ0n) is 10.1. The van der Waals surface area contributed by atoms with Crippen molar-refractivity contribution in [2.24, 2.45) is 0 Å². The number of hydrogen-bond acceptors (Lipinski definition) is 4. The van der Waals surface area contributed by atoms with Crippen LogP contribution < -0.4 is 17.1 Å². The molecule has 0 atom stereocenters. The quantitative estimate of drug-likeness (QED) is 0.738. The number of hydrogen-bond donors (Lipinski definition) is 1. The first kappa shape index (κ1) is 12.9. The van der Waals surface area contributed by atoms with Gasteiger partial charge in [0.2, 0.25) is 0 Å². The van der Waals surface area contributed by atoms with Gasteiger partial charge in [-0.15, -0.1) is 0 Å². The minimum Gasteiger partial charge on any atom is -0.332 e. The number of aromatic nitrogens is 3. The van der Waals surface area contributed by atoms with Crippen molar-refractivity contribution in [2.45, 2.75) is 13.8 Å². The predicted molar refractivity (Wildman–Crippen MR) is 63.6 cm³/mol. The summed E-state index contributed by atoms with van der Waals surface area (Å²) in [6.45, 7) is 2.69. The molecule has 0 amide bonds. The molecule has 1 heterocycles. The Balaban J connectivity index is 2.84. The van der Waals surface area contributed by atoms with E-state index >= 15 is 0 Å². The van der Waals surface area contributed by atoms with Crippen LogP contribution in [-0.4, -0.2) is 14.5 Å². The predicted octanol–water partition coefficient (Wildman–Crippen LogP) is 0.00304. The molecule has 0 bridgehead atoms. The lowest BCUT2D eigenvalue weighted by Crippen LogP contribution is -2.46. The Kier molecular flexibility index (Phi) is 2.93. The van der Waals surface area contributed by atoms with Gasteiger partial charge in [-0.3, -0.25) is 4.79 Å². The highest BCUT2D eigenvalue weighted by Gasteiger charge is 2.15. The lowest BCUT2D eigenvalue weighted by Gasteiger charge is -2.09. The summed E-state index contributed by atoms with van der Waals surface area (Å²) in [7, 11) is 0. The topological polar surface area (TPSA) is 82.9 Å². The van der Waals surface area contributed by atoms with Crippen LogP contribution in [0.3, 0.4) is 0 Å². The summed E-state index contributed by atoms with van der Waals surface area (Å²) in [5.74, 6) is 3.72. The van der Waals surface area contributed by atoms with Gasteiger partial charge in [0.1, 0.15) is 23.0 Å². The molecular weight excluding hydrogens is 258 g/mol. The van der Waals surface area contributed by atoms with Crippen LogP contribution in [0.25, 0.3) is 5.69 Å². The number of nitrogens with zero attached hydrogens (tertiary/aromatic N) is 3. The van der Waals surface area contributed by atoms with Crippen LogP contribution in [-0.2, 0) is 0 Å². The standard InChI is InChI=1S/C11H10F2N4O2/c1-5-3-8(13)9(4-7(5)12)17-11(19)16(14)10(18)6(2)15-17/h3-4H,14H2,1-2H3. The van der Waals surface area contributed by atoms with E-state index in [0.717, 1.165) is 12.1 Å². The SMILES string of the molecule is Cc1cc(F)c(-n2nc(C)c(=O)n(N)c2=O)cc1F. The third-order valence-electron chi connectivity index (χ3n) is 2.62. The summed E-state index contributed by atoms with van der Waals surface area (Å²) < 4.78 is 28.1. The van der Waals surface area contributed by atoms with Crippen LogP contribution in [0.15, 0.2) is 21.7 Å². The van der Waals surface area contributed by atoms with Crippen LogP contribution >= 0.6 is 0 Å². The number of nitrogen functional groups attached to an aromatic ring is 1. The van der Waals surface area contributed by atoms with Crippen LogP contribution in [0.4, 0.5) is 8.78 Å². The molecule has 0 spiro atoms. The second kappa shape index (κ2) is 4.30. The first-order chi connectivity index (χ1) is 8.82. The smallest absolute Gasteiger partial charge is 0.332 e. The first-order valence-electron chi connectivity index (χ1n) is 5.27. The lowest BCUT2D eigenvalue weighted by atomic mass is 10.2. The highest BCUT2D eigenvalue weighted by molar-refractivity contribution is 5.36. The Bertz CT molecular complexity index is 779. The van der Waals surface area contributed by atoms with E-state index in [1.165, 1.54) is 13.8 Å². The zero-order chi connectivity index (χ0) is 14.3. The van der Waals surface area contributed by atoms with Crippen molar-refractivity contribution >= 4 is 0 Å². The fraction of sp³-hybridized carbons (Fsp3) is 0.182. The van der Waals surface area contributed by atoms with Gasteiger partial charge < -0.3 is 5.84 Å². The Labute approximate surface area is 105 Å². The minimum absolute atomic E-state index is 0.0899. The van der Waals surface area contributed by atoms with Crippen molar-refractivity contribution in [2.75, 3.05) is 5.84 Å². The molecule has 100 valence electrons. The van der Waals surface area contributed by atoms with Gasteiger partial charge in [0.25, 0.3) is 5.56 Å². The molecule has 0 saturated carbocycles. The second-order valence-electron chi connectivity index (χ2n) is 4.01. The maximum Gasteiger partial charge on any atom is 0.371 e. The van der Waals surface area contributed by atoms with Crippen LogP contribution in [0.5, 0.6) is 0 Å². The molecule has 0 fully saturated rings. The molecule has 2 rings (SSSR count). The maximum atomic E-state index is 13.8. The summed E-state index contributed by atoms with van der Waals surface area (Å²) >= 11 is 0. The largest absolute Gasteiger partial charge is 0.371 e. The van der Waals surface area contributed by atoms with Gasteiger partial charge in [-0.2, -0.15) is 14.5 Å². The van der Waals surface area contributed by atoms with Crippen molar-refractivity contribution in [3.05, 3.63) is 55.9 Å². The number of halogens is 2. The molecule has 8 heteroatoms. The normalized spacial score (nSPS) is 10.7. The Hall–Kier alpha value is -2.51.